The monoisotopic (exact) mass is 258 g/mol. The molecule has 3 rings (SSSR count). The third kappa shape index (κ3) is 2.59. The Labute approximate surface area is 114 Å². The van der Waals surface area contributed by atoms with Crippen molar-refractivity contribution >= 4 is 16.7 Å². The molecule has 2 heterocycles. The quantitative estimate of drug-likeness (QED) is 0.885. The largest absolute Gasteiger partial charge is 0.385 e. The number of aromatic nitrogens is 2. The standard InChI is InChI=1S/C15H22N4/c1-11-18-14-10-13(5-6-15(14)19(11)2)17-9-7-12-4-3-8-16-12/h5-6,10,12,16-17H,3-4,7-9H2,1-2H3. The van der Waals surface area contributed by atoms with Gasteiger partial charge in [0.15, 0.2) is 0 Å². The molecule has 1 fully saturated rings. The number of rotatable bonds is 4. The molecule has 0 amide bonds. The summed E-state index contributed by atoms with van der Waals surface area (Å²) in [5, 5.41) is 7.03. The summed E-state index contributed by atoms with van der Waals surface area (Å²) < 4.78 is 2.13. The van der Waals surface area contributed by atoms with Gasteiger partial charge in [0.1, 0.15) is 5.82 Å². The van der Waals surface area contributed by atoms with Gasteiger partial charge in [0, 0.05) is 25.3 Å². The van der Waals surface area contributed by atoms with Crippen molar-refractivity contribution in [3.8, 4) is 0 Å². The van der Waals surface area contributed by atoms with E-state index in [-0.39, 0.29) is 0 Å². The van der Waals surface area contributed by atoms with Crippen LogP contribution in [0.25, 0.3) is 11.0 Å². The molecule has 1 aliphatic rings. The molecular formula is C15H22N4. The Morgan fingerprint density at radius 3 is 3.16 bits per heavy atom. The minimum atomic E-state index is 0.702. The molecule has 4 heteroatoms. The van der Waals surface area contributed by atoms with Crippen molar-refractivity contribution in [2.24, 2.45) is 7.05 Å². The second kappa shape index (κ2) is 5.21. The Morgan fingerprint density at radius 2 is 2.37 bits per heavy atom. The Morgan fingerprint density at radius 1 is 1.47 bits per heavy atom. The van der Waals surface area contributed by atoms with Gasteiger partial charge in [-0.2, -0.15) is 0 Å². The van der Waals surface area contributed by atoms with Crippen LogP contribution in [0.3, 0.4) is 0 Å². The van der Waals surface area contributed by atoms with Crippen LogP contribution in [0.4, 0.5) is 5.69 Å². The maximum absolute atomic E-state index is 4.57. The Bertz CT molecular complexity index is 567. The van der Waals surface area contributed by atoms with Crippen molar-refractivity contribution < 1.29 is 0 Å². The highest BCUT2D eigenvalue weighted by Crippen LogP contribution is 2.19. The fourth-order valence-electron chi connectivity index (χ4n) is 2.82. The number of fused-ring (bicyclic) bond motifs is 1. The second-order valence-corrected chi connectivity index (χ2v) is 5.43. The van der Waals surface area contributed by atoms with E-state index in [0.29, 0.717) is 6.04 Å². The fourth-order valence-corrected chi connectivity index (χ4v) is 2.82. The fraction of sp³-hybridized carbons (Fsp3) is 0.533. The van der Waals surface area contributed by atoms with E-state index in [1.807, 2.05) is 6.92 Å². The van der Waals surface area contributed by atoms with E-state index in [9.17, 15) is 0 Å². The maximum atomic E-state index is 4.57. The van der Waals surface area contributed by atoms with E-state index >= 15 is 0 Å². The molecule has 0 spiro atoms. The molecule has 2 aromatic rings. The van der Waals surface area contributed by atoms with Gasteiger partial charge in [0.05, 0.1) is 11.0 Å². The Kier molecular flexibility index (Phi) is 3.42. The van der Waals surface area contributed by atoms with Crippen LogP contribution in [0.2, 0.25) is 0 Å². The lowest BCUT2D eigenvalue weighted by atomic mass is 10.1. The smallest absolute Gasteiger partial charge is 0.106 e. The number of nitrogens with zero attached hydrogens (tertiary/aromatic N) is 2. The molecule has 1 unspecified atom stereocenters. The average Bonchev–Trinajstić information content (AvgIpc) is 3.00. The summed E-state index contributed by atoms with van der Waals surface area (Å²) in [5.41, 5.74) is 3.44. The molecule has 19 heavy (non-hydrogen) atoms. The zero-order chi connectivity index (χ0) is 13.2. The summed E-state index contributed by atoms with van der Waals surface area (Å²) in [4.78, 5) is 4.57. The van der Waals surface area contributed by atoms with Crippen LogP contribution >= 0.6 is 0 Å². The Balaban J connectivity index is 1.64. The molecular weight excluding hydrogens is 236 g/mol. The SMILES string of the molecule is Cc1nc2cc(NCCC3CCCN3)ccc2n1C. The number of nitrogens with one attached hydrogen (secondary N) is 2. The minimum absolute atomic E-state index is 0.702. The van der Waals surface area contributed by atoms with E-state index in [1.165, 1.54) is 37.0 Å². The number of anilines is 1. The zero-order valence-corrected chi connectivity index (χ0v) is 11.7. The highest BCUT2D eigenvalue weighted by Gasteiger charge is 2.13. The van der Waals surface area contributed by atoms with Crippen LogP contribution in [-0.2, 0) is 7.05 Å². The van der Waals surface area contributed by atoms with E-state index in [1.54, 1.807) is 0 Å². The van der Waals surface area contributed by atoms with E-state index < -0.39 is 0 Å². The van der Waals surface area contributed by atoms with E-state index in [4.69, 9.17) is 0 Å². The first-order valence-electron chi connectivity index (χ1n) is 7.14. The van der Waals surface area contributed by atoms with E-state index in [0.717, 1.165) is 17.9 Å². The number of benzene rings is 1. The molecule has 1 saturated heterocycles. The summed E-state index contributed by atoms with van der Waals surface area (Å²) in [6, 6.07) is 7.13. The summed E-state index contributed by atoms with van der Waals surface area (Å²) in [6.07, 6.45) is 3.84. The third-order valence-electron chi connectivity index (χ3n) is 4.09. The van der Waals surface area contributed by atoms with Gasteiger partial charge in [-0.05, 0) is 50.9 Å². The highest BCUT2D eigenvalue weighted by molar-refractivity contribution is 5.80. The minimum Gasteiger partial charge on any atom is -0.385 e. The maximum Gasteiger partial charge on any atom is 0.106 e. The molecule has 1 aromatic carbocycles. The number of imidazole rings is 1. The average molecular weight is 258 g/mol. The first-order chi connectivity index (χ1) is 9.24. The predicted molar refractivity (Wildman–Crippen MR) is 79.6 cm³/mol. The van der Waals surface area contributed by atoms with Crippen LogP contribution in [-0.4, -0.2) is 28.7 Å². The third-order valence-corrected chi connectivity index (χ3v) is 4.09. The van der Waals surface area contributed by atoms with Gasteiger partial charge < -0.3 is 15.2 Å². The molecule has 0 radical (unpaired) electrons. The lowest BCUT2D eigenvalue weighted by Crippen LogP contribution is -2.24. The summed E-state index contributed by atoms with van der Waals surface area (Å²) in [5.74, 6) is 1.06. The first kappa shape index (κ1) is 12.5. The van der Waals surface area contributed by atoms with Crippen LogP contribution in [0.5, 0.6) is 0 Å². The topological polar surface area (TPSA) is 41.9 Å². The van der Waals surface area contributed by atoms with Crippen molar-refractivity contribution in [1.82, 2.24) is 14.9 Å². The van der Waals surface area contributed by atoms with Crippen LogP contribution in [0.1, 0.15) is 25.1 Å². The predicted octanol–water partition coefficient (Wildman–Crippen LogP) is 2.44. The van der Waals surface area contributed by atoms with Crippen molar-refractivity contribution in [2.75, 3.05) is 18.4 Å². The lowest BCUT2D eigenvalue weighted by molar-refractivity contribution is 0.574. The molecule has 1 atom stereocenters. The van der Waals surface area contributed by atoms with Crippen molar-refractivity contribution in [2.45, 2.75) is 32.2 Å². The molecule has 102 valence electrons. The molecule has 0 bridgehead atoms. The van der Waals surface area contributed by atoms with E-state index in [2.05, 4.69) is 45.4 Å². The summed E-state index contributed by atoms with van der Waals surface area (Å²) >= 11 is 0. The van der Waals surface area contributed by atoms with Crippen molar-refractivity contribution in [3.63, 3.8) is 0 Å². The molecule has 0 saturated carbocycles. The molecule has 1 aliphatic heterocycles. The molecule has 2 N–H and O–H groups in total. The second-order valence-electron chi connectivity index (χ2n) is 5.43. The highest BCUT2D eigenvalue weighted by atomic mass is 15.1. The normalized spacial score (nSPS) is 19.2. The van der Waals surface area contributed by atoms with Crippen molar-refractivity contribution in [3.05, 3.63) is 24.0 Å². The number of hydrogen-bond acceptors (Lipinski definition) is 3. The molecule has 1 aromatic heterocycles. The zero-order valence-electron chi connectivity index (χ0n) is 11.7. The van der Waals surface area contributed by atoms with Crippen LogP contribution in [0, 0.1) is 6.92 Å². The van der Waals surface area contributed by atoms with Gasteiger partial charge in [0.25, 0.3) is 0 Å². The van der Waals surface area contributed by atoms with Gasteiger partial charge in [-0.3, -0.25) is 0 Å². The summed E-state index contributed by atoms with van der Waals surface area (Å²) in [6.45, 7) is 4.25. The van der Waals surface area contributed by atoms with Crippen LogP contribution in [0.15, 0.2) is 18.2 Å². The summed E-state index contributed by atoms with van der Waals surface area (Å²) in [7, 11) is 2.06. The van der Waals surface area contributed by atoms with Gasteiger partial charge in [-0.1, -0.05) is 0 Å². The molecule has 4 nitrogen and oxygen atoms in total. The van der Waals surface area contributed by atoms with Crippen LogP contribution < -0.4 is 10.6 Å². The van der Waals surface area contributed by atoms with Crippen molar-refractivity contribution in [1.29, 1.82) is 0 Å². The molecule has 0 aliphatic carbocycles. The van der Waals surface area contributed by atoms with Gasteiger partial charge in [0.2, 0.25) is 0 Å². The van der Waals surface area contributed by atoms with Gasteiger partial charge in [-0.15, -0.1) is 0 Å². The first-order valence-corrected chi connectivity index (χ1v) is 7.14. The van der Waals surface area contributed by atoms with Gasteiger partial charge in [-0.25, -0.2) is 4.98 Å². The van der Waals surface area contributed by atoms with Gasteiger partial charge >= 0.3 is 0 Å². The number of aryl methyl sites for hydroxylation is 2. The Hall–Kier alpha value is -1.55. The lowest BCUT2D eigenvalue weighted by Gasteiger charge is -2.11. The number of hydrogen-bond donors (Lipinski definition) is 2.